The summed E-state index contributed by atoms with van der Waals surface area (Å²) in [7, 11) is 0. The fourth-order valence-electron chi connectivity index (χ4n) is 1.71. The van der Waals surface area contributed by atoms with Gasteiger partial charge >= 0.3 is 0 Å². The first-order chi connectivity index (χ1) is 9.04. The van der Waals surface area contributed by atoms with Gasteiger partial charge in [0.05, 0.1) is 6.61 Å². The number of benzene rings is 1. The van der Waals surface area contributed by atoms with E-state index in [2.05, 4.69) is 13.8 Å². The zero-order valence-corrected chi connectivity index (χ0v) is 13.2. The molecule has 0 radical (unpaired) electrons. The predicted octanol–water partition coefficient (Wildman–Crippen LogP) is 4.57. The first-order valence-electron chi connectivity index (χ1n) is 6.89. The van der Waals surface area contributed by atoms with Gasteiger partial charge in [0, 0.05) is 16.9 Å². The minimum absolute atomic E-state index is 0.108. The minimum atomic E-state index is 0.108. The highest BCUT2D eigenvalue weighted by atomic mass is 32.2. The van der Waals surface area contributed by atoms with E-state index in [-0.39, 0.29) is 5.78 Å². The highest BCUT2D eigenvalue weighted by molar-refractivity contribution is 7.98. The quantitative estimate of drug-likeness (QED) is 0.515. The van der Waals surface area contributed by atoms with Crippen LogP contribution in [0.2, 0.25) is 0 Å². The smallest absolute Gasteiger partial charge is 0.159 e. The van der Waals surface area contributed by atoms with Crippen molar-refractivity contribution in [3.05, 3.63) is 29.3 Å². The van der Waals surface area contributed by atoms with E-state index in [1.54, 1.807) is 6.92 Å². The van der Waals surface area contributed by atoms with Crippen molar-refractivity contribution >= 4 is 17.5 Å². The summed E-state index contributed by atoms with van der Waals surface area (Å²) >= 11 is 1.90. The van der Waals surface area contributed by atoms with Gasteiger partial charge in [0.2, 0.25) is 0 Å². The van der Waals surface area contributed by atoms with Crippen LogP contribution in [0.15, 0.2) is 18.2 Å². The standard InChI is InChI=1S/C16H24O2S/c1-5-18-16-7-6-14(13(4)17)10-15(16)11-19-9-8-12(2)3/h6-7,10,12H,5,8-9,11H2,1-4H3. The first kappa shape index (κ1) is 16.1. The maximum absolute atomic E-state index is 11.4. The number of carbonyl (C=O) groups excluding carboxylic acids is 1. The molecule has 0 N–H and O–H groups in total. The molecule has 0 unspecified atom stereocenters. The molecule has 0 atom stereocenters. The molecule has 0 aliphatic heterocycles. The van der Waals surface area contributed by atoms with Gasteiger partial charge in [-0.05, 0) is 50.1 Å². The Hall–Kier alpha value is -0.960. The molecule has 0 spiro atoms. The highest BCUT2D eigenvalue weighted by Gasteiger charge is 2.08. The minimum Gasteiger partial charge on any atom is -0.494 e. The fraction of sp³-hybridized carbons (Fsp3) is 0.562. The van der Waals surface area contributed by atoms with Crippen molar-refractivity contribution in [2.45, 2.75) is 39.9 Å². The number of ether oxygens (including phenoxy) is 1. The first-order valence-corrected chi connectivity index (χ1v) is 8.04. The summed E-state index contributed by atoms with van der Waals surface area (Å²) in [6, 6.07) is 5.73. The van der Waals surface area contributed by atoms with Gasteiger partial charge in [-0.25, -0.2) is 0 Å². The molecule has 0 aromatic heterocycles. The fourth-order valence-corrected chi connectivity index (χ4v) is 2.94. The maximum atomic E-state index is 11.4. The van der Waals surface area contributed by atoms with Gasteiger partial charge in [0.15, 0.2) is 5.78 Å². The normalized spacial score (nSPS) is 10.8. The van der Waals surface area contributed by atoms with Gasteiger partial charge in [-0.15, -0.1) is 0 Å². The molecule has 0 fully saturated rings. The maximum Gasteiger partial charge on any atom is 0.159 e. The molecule has 0 saturated heterocycles. The van der Waals surface area contributed by atoms with Gasteiger partial charge in [-0.1, -0.05) is 13.8 Å². The van der Waals surface area contributed by atoms with E-state index >= 15 is 0 Å². The number of carbonyl (C=O) groups is 1. The van der Waals surface area contributed by atoms with Crippen LogP contribution in [0, 0.1) is 5.92 Å². The molecule has 0 saturated carbocycles. The molecule has 0 aliphatic carbocycles. The number of Topliss-reactive ketones (excluding diaryl/α,β-unsaturated/α-hetero) is 1. The van der Waals surface area contributed by atoms with Crippen molar-refractivity contribution < 1.29 is 9.53 Å². The summed E-state index contributed by atoms with van der Waals surface area (Å²) in [4.78, 5) is 11.4. The molecule has 1 aromatic rings. The van der Waals surface area contributed by atoms with Gasteiger partial charge < -0.3 is 4.74 Å². The summed E-state index contributed by atoms with van der Waals surface area (Å²) in [5, 5.41) is 0. The zero-order chi connectivity index (χ0) is 14.3. The Morgan fingerprint density at radius 2 is 2.11 bits per heavy atom. The molecule has 2 nitrogen and oxygen atoms in total. The van der Waals surface area contributed by atoms with Crippen LogP contribution in [0.3, 0.4) is 0 Å². The predicted molar refractivity (Wildman–Crippen MR) is 83.2 cm³/mol. The van der Waals surface area contributed by atoms with Gasteiger partial charge in [-0.2, -0.15) is 11.8 Å². The van der Waals surface area contributed by atoms with E-state index in [9.17, 15) is 4.79 Å². The van der Waals surface area contributed by atoms with Crippen molar-refractivity contribution in [1.29, 1.82) is 0 Å². The lowest BCUT2D eigenvalue weighted by Crippen LogP contribution is -2.00. The number of ketones is 1. The van der Waals surface area contributed by atoms with Crippen LogP contribution >= 0.6 is 11.8 Å². The molecule has 3 heteroatoms. The number of rotatable bonds is 8. The Morgan fingerprint density at radius 3 is 2.68 bits per heavy atom. The lowest BCUT2D eigenvalue weighted by molar-refractivity contribution is 0.101. The van der Waals surface area contributed by atoms with Crippen LogP contribution in [0.4, 0.5) is 0 Å². The van der Waals surface area contributed by atoms with Crippen LogP contribution in [-0.2, 0) is 5.75 Å². The second-order valence-corrected chi connectivity index (χ2v) is 6.15. The Kier molecular flexibility index (Phi) is 7.00. The SMILES string of the molecule is CCOc1ccc(C(C)=O)cc1CSCCC(C)C. The van der Waals surface area contributed by atoms with E-state index in [1.807, 2.05) is 36.9 Å². The number of hydrogen-bond donors (Lipinski definition) is 0. The topological polar surface area (TPSA) is 26.3 Å². The van der Waals surface area contributed by atoms with Crippen LogP contribution in [0.5, 0.6) is 5.75 Å². The van der Waals surface area contributed by atoms with Gasteiger partial charge in [0.25, 0.3) is 0 Å². The lowest BCUT2D eigenvalue weighted by Gasteiger charge is -2.11. The van der Waals surface area contributed by atoms with Crippen molar-refractivity contribution in [2.24, 2.45) is 5.92 Å². The van der Waals surface area contributed by atoms with Crippen molar-refractivity contribution in [2.75, 3.05) is 12.4 Å². The molecular formula is C16H24O2S. The van der Waals surface area contributed by atoms with E-state index in [1.165, 1.54) is 6.42 Å². The molecule has 1 rings (SSSR count). The van der Waals surface area contributed by atoms with E-state index < -0.39 is 0 Å². The molecule has 0 bridgehead atoms. The van der Waals surface area contributed by atoms with Crippen LogP contribution in [0.1, 0.15) is 50.0 Å². The molecular weight excluding hydrogens is 256 g/mol. The monoisotopic (exact) mass is 280 g/mol. The van der Waals surface area contributed by atoms with Crippen LogP contribution in [0.25, 0.3) is 0 Å². The van der Waals surface area contributed by atoms with Gasteiger partial charge in [0.1, 0.15) is 5.75 Å². The molecule has 0 aliphatic rings. The summed E-state index contributed by atoms with van der Waals surface area (Å²) in [5.41, 5.74) is 1.89. The molecule has 1 aromatic carbocycles. The average molecular weight is 280 g/mol. The molecule has 0 heterocycles. The Labute approximate surface area is 120 Å². The third-order valence-electron chi connectivity index (χ3n) is 2.86. The second kappa shape index (κ2) is 8.26. The van der Waals surface area contributed by atoms with Crippen molar-refractivity contribution in [3.8, 4) is 5.75 Å². The largest absolute Gasteiger partial charge is 0.494 e. The third-order valence-corrected chi connectivity index (χ3v) is 3.90. The molecule has 106 valence electrons. The molecule has 19 heavy (non-hydrogen) atoms. The zero-order valence-electron chi connectivity index (χ0n) is 12.4. The number of hydrogen-bond acceptors (Lipinski definition) is 3. The summed E-state index contributed by atoms with van der Waals surface area (Å²) < 4.78 is 5.63. The Balaban J connectivity index is 2.71. The summed E-state index contributed by atoms with van der Waals surface area (Å²) in [6.45, 7) is 8.72. The summed E-state index contributed by atoms with van der Waals surface area (Å²) in [6.07, 6.45) is 1.22. The molecule has 0 amide bonds. The Bertz CT molecular complexity index is 413. The van der Waals surface area contributed by atoms with Crippen molar-refractivity contribution in [1.82, 2.24) is 0 Å². The second-order valence-electron chi connectivity index (χ2n) is 5.05. The highest BCUT2D eigenvalue weighted by Crippen LogP contribution is 2.26. The van der Waals surface area contributed by atoms with Crippen molar-refractivity contribution in [3.63, 3.8) is 0 Å². The van der Waals surface area contributed by atoms with E-state index in [4.69, 9.17) is 4.74 Å². The lowest BCUT2D eigenvalue weighted by atomic mass is 10.1. The third kappa shape index (κ3) is 5.68. The van der Waals surface area contributed by atoms with Crippen LogP contribution < -0.4 is 4.74 Å². The Morgan fingerprint density at radius 1 is 1.37 bits per heavy atom. The number of thioether (sulfide) groups is 1. The average Bonchev–Trinajstić information content (AvgIpc) is 2.36. The van der Waals surface area contributed by atoms with Gasteiger partial charge in [-0.3, -0.25) is 4.79 Å². The summed E-state index contributed by atoms with van der Waals surface area (Å²) in [5.74, 6) is 3.81. The van der Waals surface area contributed by atoms with Crippen LogP contribution in [-0.4, -0.2) is 18.1 Å². The van der Waals surface area contributed by atoms with E-state index in [0.717, 1.165) is 34.3 Å². The van der Waals surface area contributed by atoms with E-state index in [0.29, 0.717) is 6.61 Å².